The SMILES string of the molecule is CC.CCC(=O)Nc1c(C)cc(C)c(Br)c1C.CNC(C)(C)COCC(C)(C)CN.NCC=O. The van der Waals surface area contributed by atoms with Crippen LogP contribution in [0.3, 0.4) is 0 Å². The number of nitrogens with two attached hydrogens (primary N) is 2. The maximum atomic E-state index is 11.4. The molecule has 0 atom stereocenters. The van der Waals surface area contributed by atoms with E-state index < -0.39 is 0 Å². The van der Waals surface area contributed by atoms with Gasteiger partial charge in [0.2, 0.25) is 5.91 Å². The molecule has 8 heteroatoms. The van der Waals surface area contributed by atoms with Gasteiger partial charge in [-0.2, -0.15) is 0 Å². The lowest BCUT2D eigenvalue weighted by Gasteiger charge is -2.27. The summed E-state index contributed by atoms with van der Waals surface area (Å²) in [5, 5.41) is 6.12. The lowest BCUT2D eigenvalue weighted by atomic mass is 9.95. The molecule has 0 fully saturated rings. The fourth-order valence-corrected chi connectivity index (χ4v) is 2.61. The Labute approximate surface area is 217 Å². The van der Waals surface area contributed by atoms with Crippen molar-refractivity contribution in [3.8, 4) is 0 Å². The fourth-order valence-electron chi connectivity index (χ4n) is 2.30. The molecule has 0 aliphatic rings. The second-order valence-corrected chi connectivity index (χ2v) is 9.92. The number of hydrogen-bond donors (Lipinski definition) is 4. The van der Waals surface area contributed by atoms with Gasteiger partial charge in [-0.15, -0.1) is 0 Å². The van der Waals surface area contributed by atoms with E-state index >= 15 is 0 Å². The number of nitrogens with one attached hydrogen (secondary N) is 2. The Morgan fingerprint density at radius 3 is 1.97 bits per heavy atom. The van der Waals surface area contributed by atoms with Gasteiger partial charge in [0.1, 0.15) is 6.29 Å². The van der Waals surface area contributed by atoms with Gasteiger partial charge < -0.3 is 31.6 Å². The number of aryl methyl sites for hydroxylation is 2. The van der Waals surface area contributed by atoms with E-state index in [1.165, 1.54) is 5.56 Å². The largest absolute Gasteiger partial charge is 0.379 e. The quantitative estimate of drug-likeness (QED) is 0.327. The molecule has 7 nitrogen and oxygen atoms in total. The fraction of sp³-hybridized carbons (Fsp3) is 0.692. The highest BCUT2D eigenvalue weighted by molar-refractivity contribution is 9.10. The molecule has 34 heavy (non-hydrogen) atoms. The Morgan fingerprint density at radius 2 is 1.59 bits per heavy atom. The van der Waals surface area contributed by atoms with E-state index in [-0.39, 0.29) is 23.4 Å². The second kappa shape index (κ2) is 19.9. The maximum absolute atomic E-state index is 11.4. The number of ether oxygens (including phenoxy) is 1. The average molecular weight is 548 g/mol. The Morgan fingerprint density at radius 1 is 1.09 bits per heavy atom. The van der Waals surface area contributed by atoms with Gasteiger partial charge in [0, 0.05) is 34.1 Å². The van der Waals surface area contributed by atoms with Crippen LogP contribution >= 0.6 is 15.9 Å². The minimum absolute atomic E-state index is 0.0463. The molecule has 1 aromatic carbocycles. The number of hydrogen-bond acceptors (Lipinski definition) is 6. The smallest absolute Gasteiger partial charge is 0.224 e. The van der Waals surface area contributed by atoms with Crippen molar-refractivity contribution in [2.24, 2.45) is 16.9 Å². The summed E-state index contributed by atoms with van der Waals surface area (Å²) in [7, 11) is 1.94. The molecule has 0 radical (unpaired) electrons. The molecule has 1 rings (SSSR count). The van der Waals surface area contributed by atoms with Gasteiger partial charge in [-0.3, -0.25) is 4.79 Å². The Kier molecular flexibility index (Phi) is 21.8. The molecular formula is C26H51BrN4O3. The summed E-state index contributed by atoms with van der Waals surface area (Å²) in [5.41, 5.74) is 14.7. The van der Waals surface area contributed by atoms with Gasteiger partial charge in [0.25, 0.3) is 0 Å². The first kappa shape index (κ1) is 37.2. The minimum Gasteiger partial charge on any atom is -0.379 e. The standard InChI is InChI=1S/C12H16BrNO.C10H24N2O.C2H5NO.C2H6/c1-5-10(15)14-12-8(3)6-7(2)11(13)9(12)4;1-9(2,6-11)7-13-8-10(3,4)12-5;3-1-2-4;1-2/h6H,5H2,1-4H3,(H,14,15);12H,6-8,11H2,1-5H3;2H,1,3H2;1-2H3. The van der Waals surface area contributed by atoms with Crippen molar-refractivity contribution in [3.63, 3.8) is 0 Å². The van der Waals surface area contributed by atoms with Crippen LogP contribution in [0.1, 0.15) is 71.6 Å². The molecule has 1 amide bonds. The summed E-state index contributed by atoms with van der Waals surface area (Å²) >= 11 is 3.52. The summed E-state index contributed by atoms with van der Waals surface area (Å²) < 4.78 is 6.67. The van der Waals surface area contributed by atoms with Crippen molar-refractivity contribution in [2.45, 2.75) is 81.2 Å². The zero-order chi connectivity index (χ0) is 27.5. The van der Waals surface area contributed by atoms with Crippen LogP contribution in [-0.2, 0) is 14.3 Å². The number of carbonyl (C=O) groups is 2. The second-order valence-electron chi connectivity index (χ2n) is 9.12. The number of halogens is 1. The molecule has 6 N–H and O–H groups in total. The molecule has 0 saturated carbocycles. The van der Waals surface area contributed by atoms with Crippen molar-refractivity contribution < 1.29 is 14.3 Å². The van der Waals surface area contributed by atoms with Crippen molar-refractivity contribution >= 4 is 33.8 Å². The third-order valence-electron chi connectivity index (χ3n) is 4.74. The van der Waals surface area contributed by atoms with Gasteiger partial charge in [-0.25, -0.2) is 0 Å². The number of aldehydes is 1. The van der Waals surface area contributed by atoms with Crippen LogP contribution in [-0.4, -0.2) is 51.1 Å². The topological polar surface area (TPSA) is 119 Å². The highest BCUT2D eigenvalue weighted by Crippen LogP contribution is 2.30. The van der Waals surface area contributed by atoms with Gasteiger partial charge in [-0.1, -0.05) is 56.6 Å². The van der Waals surface area contributed by atoms with E-state index in [9.17, 15) is 4.79 Å². The van der Waals surface area contributed by atoms with E-state index in [4.69, 9.17) is 15.3 Å². The molecule has 0 saturated heterocycles. The average Bonchev–Trinajstić information content (AvgIpc) is 2.81. The first-order valence-electron chi connectivity index (χ1n) is 11.9. The highest BCUT2D eigenvalue weighted by atomic mass is 79.9. The molecule has 0 aliphatic heterocycles. The van der Waals surface area contributed by atoms with Crippen LogP contribution < -0.4 is 22.1 Å². The number of amides is 1. The predicted molar refractivity (Wildman–Crippen MR) is 151 cm³/mol. The minimum atomic E-state index is 0.0463. The van der Waals surface area contributed by atoms with Crippen molar-refractivity contribution in [3.05, 3.63) is 27.2 Å². The first-order valence-corrected chi connectivity index (χ1v) is 12.7. The lowest BCUT2D eigenvalue weighted by molar-refractivity contribution is -0.116. The van der Waals surface area contributed by atoms with Crippen LogP contribution in [0.25, 0.3) is 0 Å². The van der Waals surface area contributed by atoms with Crippen LogP contribution in [0.5, 0.6) is 0 Å². The monoisotopic (exact) mass is 546 g/mol. The van der Waals surface area contributed by atoms with Gasteiger partial charge in [0.05, 0.1) is 13.2 Å². The Bertz CT molecular complexity index is 692. The first-order chi connectivity index (χ1) is 15.7. The van der Waals surface area contributed by atoms with Gasteiger partial charge in [-0.05, 0) is 64.9 Å². The van der Waals surface area contributed by atoms with Gasteiger partial charge in [0.15, 0.2) is 0 Å². The summed E-state index contributed by atoms with van der Waals surface area (Å²) in [6.45, 7) is 22.6. The highest BCUT2D eigenvalue weighted by Gasteiger charge is 2.19. The normalized spacial score (nSPS) is 10.5. The van der Waals surface area contributed by atoms with E-state index in [2.05, 4.69) is 73.0 Å². The molecule has 0 unspecified atom stereocenters. The summed E-state index contributed by atoms with van der Waals surface area (Å²) in [6, 6.07) is 2.07. The number of benzene rings is 1. The number of likely N-dealkylation sites (N-methyl/N-ethyl adjacent to an activating group) is 1. The van der Waals surface area contributed by atoms with Crippen LogP contribution in [0.2, 0.25) is 0 Å². The zero-order valence-corrected chi connectivity index (χ0v) is 25.0. The van der Waals surface area contributed by atoms with E-state index in [0.29, 0.717) is 32.5 Å². The summed E-state index contributed by atoms with van der Waals surface area (Å²) in [5.74, 6) is 0.0527. The van der Waals surface area contributed by atoms with Crippen LogP contribution in [0, 0.1) is 26.2 Å². The molecule has 1 aromatic rings. The molecule has 0 bridgehead atoms. The molecule has 200 valence electrons. The van der Waals surface area contributed by atoms with E-state index in [1.54, 1.807) is 0 Å². The van der Waals surface area contributed by atoms with Crippen molar-refractivity contribution in [2.75, 3.05) is 38.7 Å². The van der Waals surface area contributed by atoms with Crippen molar-refractivity contribution in [1.82, 2.24) is 5.32 Å². The molecular weight excluding hydrogens is 496 g/mol. The molecule has 0 heterocycles. The molecule has 0 spiro atoms. The number of carbonyl (C=O) groups excluding carboxylic acids is 2. The molecule has 0 aromatic heterocycles. The summed E-state index contributed by atoms with van der Waals surface area (Å²) in [6.07, 6.45) is 1.16. The van der Waals surface area contributed by atoms with Crippen molar-refractivity contribution in [1.29, 1.82) is 0 Å². The lowest BCUT2D eigenvalue weighted by Crippen LogP contribution is -2.42. The third-order valence-corrected chi connectivity index (χ3v) is 5.96. The van der Waals surface area contributed by atoms with E-state index in [0.717, 1.165) is 21.3 Å². The zero-order valence-electron chi connectivity index (χ0n) is 23.4. The molecule has 0 aliphatic carbocycles. The third kappa shape index (κ3) is 17.2. The van der Waals surface area contributed by atoms with Gasteiger partial charge >= 0.3 is 0 Å². The Hall–Kier alpha value is -1.32. The van der Waals surface area contributed by atoms with Crippen LogP contribution in [0.4, 0.5) is 5.69 Å². The number of rotatable bonds is 9. The summed E-state index contributed by atoms with van der Waals surface area (Å²) in [4.78, 5) is 20.4. The number of anilines is 1. The maximum Gasteiger partial charge on any atom is 0.224 e. The van der Waals surface area contributed by atoms with E-state index in [1.807, 2.05) is 41.7 Å². The Balaban J connectivity index is -0.000000463. The predicted octanol–water partition coefficient (Wildman–Crippen LogP) is 4.88. The van der Waals surface area contributed by atoms with Crippen LogP contribution in [0.15, 0.2) is 10.5 Å².